The molecule has 0 aromatic carbocycles. The first kappa shape index (κ1) is 12.3. The van der Waals surface area contributed by atoms with E-state index in [2.05, 4.69) is 20.3 Å². The molecule has 1 aromatic heterocycles. The molecule has 8 nitrogen and oxygen atoms in total. The van der Waals surface area contributed by atoms with Gasteiger partial charge in [-0.3, -0.25) is 4.79 Å². The van der Waals surface area contributed by atoms with Gasteiger partial charge in [-0.2, -0.15) is 15.0 Å². The van der Waals surface area contributed by atoms with Crippen LogP contribution in [0.4, 0.5) is 17.8 Å². The van der Waals surface area contributed by atoms with Crippen LogP contribution in [0, 0.1) is 0 Å². The summed E-state index contributed by atoms with van der Waals surface area (Å²) < 4.78 is 0. The maximum absolute atomic E-state index is 11.6. The van der Waals surface area contributed by atoms with Crippen LogP contribution in [0.5, 0.6) is 0 Å². The summed E-state index contributed by atoms with van der Waals surface area (Å²) in [7, 11) is 3.65. The summed E-state index contributed by atoms with van der Waals surface area (Å²) in [5.41, 5.74) is 5.67. The molecule has 1 atom stereocenters. The quantitative estimate of drug-likeness (QED) is 0.684. The summed E-state index contributed by atoms with van der Waals surface area (Å²) in [5, 5.41) is 2.79. The highest BCUT2D eigenvalue weighted by molar-refractivity contribution is 5.85. The lowest BCUT2D eigenvalue weighted by atomic mass is 10.2. The number of rotatable bonds is 2. The van der Waals surface area contributed by atoms with Crippen molar-refractivity contribution in [3.63, 3.8) is 0 Å². The second-order valence-corrected chi connectivity index (χ2v) is 4.35. The minimum absolute atomic E-state index is 0.0355. The number of nitrogens with one attached hydrogen (secondary N) is 1. The van der Waals surface area contributed by atoms with Gasteiger partial charge in [0, 0.05) is 27.2 Å². The Morgan fingerprint density at radius 3 is 2.78 bits per heavy atom. The second-order valence-electron chi connectivity index (χ2n) is 4.35. The van der Waals surface area contributed by atoms with E-state index >= 15 is 0 Å². The Kier molecular flexibility index (Phi) is 3.17. The number of amides is 1. The van der Waals surface area contributed by atoms with Gasteiger partial charge in [0.15, 0.2) is 0 Å². The maximum Gasteiger partial charge on any atom is 0.242 e. The van der Waals surface area contributed by atoms with Crippen molar-refractivity contribution in [2.75, 3.05) is 42.7 Å². The summed E-state index contributed by atoms with van der Waals surface area (Å²) in [6.45, 7) is 3.04. The minimum atomic E-state index is -0.310. The monoisotopic (exact) mass is 251 g/mol. The lowest BCUT2D eigenvalue weighted by Crippen LogP contribution is -2.54. The predicted octanol–water partition coefficient (Wildman–Crippen LogP) is -1.16. The van der Waals surface area contributed by atoms with Crippen molar-refractivity contribution >= 4 is 23.8 Å². The highest BCUT2D eigenvalue weighted by atomic mass is 16.2. The zero-order chi connectivity index (χ0) is 13.3. The van der Waals surface area contributed by atoms with E-state index in [0.717, 1.165) is 0 Å². The van der Waals surface area contributed by atoms with Crippen molar-refractivity contribution in [1.29, 1.82) is 0 Å². The molecule has 2 heterocycles. The number of carbonyl (C=O) groups is 1. The van der Waals surface area contributed by atoms with Gasteiger partial charge in [0.05, 0.1) is 0 Å². The van der Waals surface area contributed by atoms with Gasteiger partial charge >= 0.3 is 0 Å². The molecule has 8 heteroatoms. The van der Waals surface area contributed by atoms with Crippen LogP contribution in [0.3, 0.4) is 0 Å². The van der Waals surface area contributed by atoms with Crippen LogP contribution in [-0.2, 0) is 4.79 Å². The Hall–Kier alpha value is -2.12. The van der Waals surface area contributed by atoms with E-state index in [0.29, 0.717) is 25.0 Å². The Balaban J connectivity index is 2.35. The number of aromatic nitrogens is 3. The van der Waals surface area contributed by atoms with Crippen molar-refractivity contribution in [1.82, 2.24) is 20.3 Å². The lowest BCUT2D eigenvalue weighted by molar-refractivity contribution is -0.122. The van der Waals surface area contributed by atoms with Gasteiger partial charge in [-0.1, -0.05) is 0 Å². The molecule has 0 bridgehead atoms. The van der Waals surface area contributed by atoms with Gasteiger partial charge < -0.3 is 20.9 Å². The molecule has 18 heavy (non-hydrogen) atoms. The number of carbonyl (C=O) groups excluding carboxylic acids is 1. The van der Waals surface area contributed by atoms with Crippen molar-refractivity contribution < 1.29 is 4.79 Å². The summed E-state index contributed by atoms with van der Waals surface area (Å²) in [5.74, 6) is 1.04. The highest BCUT2D eigenvalue weighted by Crippen LogP contribution is 2.17. The summed E-state index contributed by atoms with van der Waals surface area (Å²) in [6, 6.07) is -0.310. The van der Waals surface area contributed by atoms with Crippen molar-refractivity contribution in [2.24, 2.45) is 0 Å². The molecule has 0 radical (unpaired) electrons. The maximum atomic E-state index is 11.6. The molecule has 1 aliphatic rings. The van der Waals surface area contributed by atoms with Gasteiger partial charge in [-0.15, -0.1) is 0 Å². The van der Waals surface area contributed by atoms with Crippen molar-refractivity contribution in [3.05, 3.63) is 0 Å². The zero-order valence-corrected chi connectivity index (χ0v) is 10.7. The van der Waals surface area contributed by atoms with E-state index in [4.69, 9.17) is 5.73 Å². The number of nitrogens with zero attached hydrogens (tertiary/aromatic N) is 5. The van der Waals surface area contributed by atoms with Crippen LogP contribution in [-0.4, -0.2) is 54.1 Å². The van der Waals surface area contributed by atoms with Crippen LogP contribution in [0.15, 0.2) is 0 Å². The summed E-state index contributed by atoms with van der Waals surface area (Å²) in [4.78, 5) is 27.6. The van der Waals surface area contributed by atoms with E-state index in [1.807, 2.05) is 25.9 Å². The molecule has 0 spiro atoms. The van der Waals surface area contributed by atoms with Crippen LogP contribution < -0.4 is 20.9 Å². The molecular weight excluding hydrogens is 234 g/mol. The third-order valence-electron chi connectivity index (χ3n) is 2.78. The molecular formula is C10H17N7O. The number of hydrogen-bond acceptors (Lipinski definition) is 7. The molecule has 3 N–H and O–H groups in total. The first-order chi connectivity index (χ1) is 8.49. The van der Waals surface area contributed by atoms with Gasteiger partial charge in [0.1, 0.15) is 6.04 Å². The Morgan fingerprint density at radius 1 is 1.39 bits per heavy atom. The standard InChI is InChI=1S/C10H17N7O/c1-6-7(18)12-4-5-17(6)10-14-8(11)13-9(15-10)16(2)3/h6H,4-5H2,1-3H3,(H,12,18)(H2,11,13,14,15). The van der Waals surface area contributed by atoms with Crippen LogP contribution in [0.2, 0.25) is 0 Å². The third-order valence-corrected chi connectivity index (χ3v) is 2.78. The first-order valence-electron chi connectivity index (χ1n) is 5.72. The Morgan fingerprint density at radius 2 is 2.11 bits per heavy atom. The highest BCUT2D eigenvalue weighted by Gasteiger charge is 2.28. The minimum Gasteiger partial charge on any atom is -0.368 e. The molecule has 98 valence electrons. The summed E-state index contributed by atoms with van der Waals surface area (Å²) >= 11 is 0. The number of nitrogen functional groups attached to an aromatic ring is 1. The lowest BCUT2D eigenvalue weighted by Gasteiger charge is -2.32. The third kappa shape index (κ3) is 2.27. The van der Waals surface area contributed by atoms with Gasteiger partial charge in [-0.25, -0.2) is 0 Å². The van der Waals surface area contributed by atoms with Gasteiger partial charge in [0.2, 0.25) is 23.8 Å². The average Bonchev–Trinajstić information content (AvgIpc) is 2.31. The molecule has 1 unspecified atom stereocenters. The first-order valence-corrected chi connectivity index (χ1v) is 5.72. The van der Waals surface area contributed by atoms with E-state index in [1.54, 1.807) is 4.90 Å². The molecule has 1 fully saturated rings. The fourth-order valence-electron chi connectivity index (χ4n) is 1.75. The van der Waals surface area contributed by atoms with E-state index in [9.17, 15) is 4.79 Å². The Labute approximate surface area is 105 Å². The molecule has 2 rings (SSSR count). The van der Waals surface area contributed by atoms with E-state index < -0.39 is 0 Å². The fourth-order valence-corrected chi connectivity index (χ4v) is 1.75. The number of anilines is 3. The normalized spacial score (nSPS) is 19.6. The van der Waals surface area contributed by atoms with E-state index in [-0.39, 0.29) is 17.9 Å². The van der Waals surface area contributed by atoms with Crippen LogP contribution in [0.1, 0.15) is 6.92 Å². The van der Waals surface area contributed by atoms with Gasteiger partial charge in [-0.05, 0) is 6.92 Å². The Bertz CT molecular complexity index is 462. The van der Waals surface area contributed by atoms with Gasteiger partial charge in [0.25, 0.3) is 0 Å². The predicted molar refractivity (Wildman–Crippen MR) is 68.4 cm³/mol. The number of piperazine rings is 1. The molecule has 0 aliphatic carbocycles. The molecule has 0 saturated carbocycles. The second kappa shape index (κ2) is 4.63. The van der Waals surface area contributed by atoms with Crippen molar-refractivity contribution in [2.45, 2.75) is 13.0 Å². The molecule has 1 aromatic rings. The topological polar surface area (TPSA) is 100 Å². The van der Waals surface area contributed by atoms with Crippen LogP contribution in [0.25, 0.3) is 0 Å². The fraction of sp³-hybridized carbons (Fsp3) is 0.600. The number of nitrogens with two attached hydrogens (primary N) is 1. The van der Waals surface area contributed by atoms with E-state index in [1.165, 1.54) is 0 Å². The molecule has 1 amide bonds. The number of hydrogen-bond donors (Lipinski definition) is 2. The van der Waals surface area contributed by atoms with Crippen LogP contribution >= 0.6 is 0 Å². The van der Waals surface area contributed by atoms with Crippen molar-refractivity contribution in [3.8, 4) is 0 Å². The molecule has 1 saturated heterocycles. The largest absolute Gasteiger partial charge is 0.368 e. The summed E-state index contributed by atoms with van der Waals surface area (Å²) in [6.07, 6.45) is 0. The molecule has 1 aliphatic heterocycles. The smallest absolute Gasteiger partial charge is 0.242 e. The average molecular weight is 251 g/mol. The SMILES string of the molecule is CC1C(=O)NCCN1c1nc(N)nc(N(C)C)n1. The zero-order valence-electron chi connectivity index (χ0n) is 10.7.